The van der Waals surface area contributed by atoms with E-state index in [0.29, 0.717) is 0 Å². The Labute approximate surface area is 45.8 Å². The fourth-order valence-electron chi connectivity index (χ4n) is 0. The number of hydrogen-bond donors (Lipinski definition) is 0. The Morgan fingerprint density at radius 2 is 2.20 bits per heavy atom. The van der Waals surface area contributed by atoms with E-state index >= 15 is 0 Å². The van der Waals surface area contributed by atoms with Gasteiger partial charge in [-0.15, -0.1) is 0 Å². The van der Waals surface area contributed by atoms with Crippen LogP contribution in [0.15, 0.2) is 4.58 Å². The van der Waals surface area contributed by atoms with Crippen LogP contribution >= 0.6 is 29.0 Å². The molecule has 0 aliphatic heterocycles. The summed E-state index contributed by atoms with van der Waals surface area (Å²) in [5, 5.41) is 0. The van der Waals surface area contributed by atoms with E-state index < -0.39 is 7.23 Å². The first-order valence-electron chi connectivity index (χ1n) is 0.702. The van der Waals surface area contributed by atoms with Crippen LogP contribution in [-0.4, -0.2) is 0 Å². The van der Waals surface area contributed by atoms with Gasteiger partial charge in [0.1, 0.15) is 0 Å². The third kappa shape index (κ3) is 5.11. The molecule has 0 heterocycles. The molecular weight excluding hydrogens is 220 g/mol. The maximum atomic E-state index is 9.18. The summed E-state index contributed by atoms with van der Waals surface area (Å²) >= 11 is 1.82. The Hall–Kier alpha value is 1.11. The molecule has 0 bridgehead atoms. The molecule has 0 aliphatic carbocycles. The van der Waals surface area contributed by atoms with Gasteiger partial charge >= 0.3 is 45.7 Å². The van der Waals surface area contributed by atoms with Crippen molar-refractivity contribution in [2.75, 3.05) is 0 Å². The van der Waals surface area contributed by atoms with Gasteiger partial charge in [0.05, 0.1) is 0 Å². The molecule has 0 spiro atoms. The van der Waals surface area contributed by atoms with Crippen LogP contribution in [0.3, 0.4) is 0 Å². The molecule has 2 nitrogen and oxygen atoms in total. The number of rotatable bonds is 0. The van der Waals surface area contributed by atoms with Crippen molar-refractivity contribution in [3.63, 3.8) is 0 Å². The third-order valence-corrected chi connectivity index (χ3v) is 0.867. The number of hydrogen-bond acceptors (Lipinski definition) is 3. The molecule has 0 aromatic heterocycles. The van der Waals surface area contributed by atoms with E-state index in [0.717, 1.165) is 0 Å². The second kappa shape index (κ2) is 3.31. The molecule has 0 unspecified atom stereocenters. The molecule has 0 amide bonds. The van der Waals surface area contributed by atoms with Gasteiger partial charge in [-0.1, -0.05) is 0 Å². The second-order valence-corrected chi connectivity index (χ2v) is 6.51. The van der Waals surface area contributed by atoms with Gasteiger partial charge in [-0.05, 0) is 0 Å². The summed E-state index contributed by atoms with van der Waals surface area (Å²) in [6, 6.07) is 0. The number of halogens is 1. The van der Waals surface area contributed by atoms with Crippen molar-refractivity contribution in [1.82, 2.24) is 0 Å². The first kappa shape index (κ1) is 6.11. The SMILES string of the molecule is O=N[S-](#P)I. The predicted molar refractivity (Wildman–Crippen MR) is 34.1 cm³/mol. The maximum absolute atomic E-state index is 9.18. The molecule has 5 heavy (non-hydrogen) atoms. The molecule has 0 atom stereocenters. The molecule has 0 aliphatic rings. The summed E-state index contributed by atoms with van der Waals surface area (Å²) in [6.45, 7) is 0. The monoisotopic (exact) mass is 220 g/mol. The van der Waals surface area contributed by atoms with E-state index in [1.165, 1.54) is 0 Å². The van der Waals surface area contributed by atoms with Crippen LogP contribution in [-0.2, 0) is 7.23 Å². The second-order valence-electron chi connectivity index (χ2n) is 0.294. The fourth-order valence-corrected chi connectivity index (χ4v) is 0. The van der Waals surface area contributed by atoms with Crippen LogP contribution in [0.4, 0.5) is 0 Å². The van der Waals surface area contributed by atoms with Crippen molar-refractivity contribution < 1.29 is 0 Å². The van der Waals surface area contributed by atoms with Gasteiger partial charge in [0.2, 0.25) is 0 Å². The molecule has 0 aromatic rings. The zero-order valence-corrected chi connectivity index (χ0v) is 5.96. The van der Waals surface area contributed by atoms with Crippen molar-refractivity contribution in [2.45, 2.75) is 0 Å². The van der Waals surface area contributed by atoms with Crippen LogP contribution in [0.25, 0.3) is 0 Å². The van der Waals surface area contributed by atoms with E-state index in [1.54, 1.807) is 0 Å². The minimum absolute atomic E-state index is 0.589. The molecule has 5 heteroatoms. The van der Waals surface area contributed by atoms with Crippen molar-refractivity contribution in [3.05, 3.63) is 4.91 Å². The Balaban J connectivity index is 3.36. The summed E-state index contributed by atoms with van der Waals surface area (Å²) < 4.78 is 2.52. The molecule has 0 fully saturated rings. The van der Waals surface area contributed by atoms with E-state index in [-0.39, 0.29) is 0 Å². The summed E-state index contributed by atoms with van der Waals surface area (Å²) in [7, 11) is 3.04. The van der Waals surface area contributed by atoms with Gasteiger partial charge in [0, 0.05) is 0 Å². The average Bonchev–Trinajstić information content (AvgIpc) is 1.38. The van der Waals surface area contributed by atoms with E-state index in [9.17, 15) is 4.91 Å². The van der Waals surface area contributed by atoms with Crippen molar-refractivity contribution >= 4 is 36.2 Å². The minimum atomic E-state index is -0.589. The van der Waals surface area contributed by atoms with Crippen LogP contribution in [0.1, 0.15) is 0 Å². The molecule has 30 valence electrons. The normalized spacial score (nSPS) is 8.20. The number of nitrogens with zero attached hydrogens (tertiary/aromatic N) is 1. The zero-order chi connectivity index (χ0) is 4.28. The van der Waals surface area contributed by atoms with Crippen molar-refractivity contribution in [3.8, 4) is 0 Å². The van der Waals surface area contributed by atoms with Gasteiger partial charge in [0.25, 0.3) is 0 Å². The van der Waals surface area contributed by atoms with Crippen LogP contribution in [0, 0.1) is 4.91 Å². The molecule has 0 saturated carbocycles. The molecule has 0 rings (SSSR count). The molecule has 0 saturated heterocycles. The standard InChI is InChI=1S/INOPS/c1-5(4)2-3/q-1. The van der Waals surface area contributed by atoms with E-state index in [2.05, 4.69) is 12.4 Å². The first-order chi connectivity index (χ1) is 2.27. The fraction of sp³-hybridized carbons (Fsp3) is 0. The van der Waals surface area contributed by atoms with Gasteiger partial charge < -0.3 is 0 Å². The van der Waals surface area contributed by atoms with Gasteiger partial charge in [0.15, 0.2) is 0 Å². The van der Waals surface area contributed by atoms with Gasteiger partial charge in [-0.3, -0.25) is 0 Å². The third-order valence-electron chi connectivity index (χ3n) is 0.0615. The molecule has 0 N–H and O–H groups in total. The Kier molecular flexibility index (Phi) is 4.04. The number of nitroso groups, excluding NO2 is 1. The van der Waals surface area contributed by atoms with Crippen LogP contribution in [0.5, 0.6) is 0 Å². The Morgan fingerprint density at radius 3 is 2.20 bits per heavy atom. The van der Waals surface area contributed by atoms with Crippen LogP contribution < -0.4 is 0 Å². The Morgan fingerprint density at radius 1 is 2.00 bits per heavy atom. The summed E-state index contributed by atoms with van der Waals surface area (Å²) in [5.41, 5.74) is 0. The summed E-state index contributed by atoms with van der Waals surface area (Å²) in [4.78, 5) is 9.18. The quantitative estimate of drug-likeness (QED) is 0.265. The molecule has 0 radical (unpaired) electrons. The van der Waals surface area contributed by atoms with Crippen molar-refractivity contribution in [2.24, 2.45) is 4.58 Å². The summed E-state index contributed by atoms with van der Waals surface area (Å²) in [5.74, 6) is 0. The van der Waals surface area contributed by atoms with Gasteiger partial charge in [-0.2, -0.15) is 0 Å². The molecule has 0 aromatic carbocycles. The Bertz CT molecular complexity index is 91.6. The first-order valence-corrected chi connectivity index (χ1v) is 5.48. The van der Waals surface area contributed by atoms with E-state index in [4.69, 9.17) is 0 Å². The average molecular weight is 220 g/mol. The van der Waals surface area contributed by atoms with Crippen molar-refractivity contribution in [1.29, 1.82) is 0 Å². The topological polar surface area (TPSA) is 29.4 Å². The summed E-state index contributed by atoms with van der Waals surface area (Å²) in [6.07, 6.45) is 0. The van der Waals surface area contributed by atoms with E-state index in [1.807, 2.05) is 21.2 Å². The zero-order valence-electron chi connectivity index (χ0n) is 2.09. The van der Waals surface area contributed by atoms with Gasteiger partial charge in [-0.25, -0.2) is 0 Å². The molecular formula is INOPS-. The van der Waals surface area contributed by atoms with Crippen LogP contribution in [0.2, 0.25) is 0 Å². The predicted octanol–water partition coefficient (Wildman–Crippen LogP) is 1.96.